The van der Waals surface area contributed by atoms with Crippen molar-refractivity contribution >= 4 is 12.6 Å². The topological polar surface area (TPSA) is 9.23 Å². The maximum atomic E-state index is 6.13. The summed E-state index contributed by atoms with van der Waals surface area (Å²) in [7, 11) is 0. The molecule has 0 aromatic heterocycles. The molecule has 1 unspecified atom stereocenters. The lowest BCUT2D eigenvalue weighted by molar-refractivity contribution is -0.00444. The molecule has 0 rings (SSSR count). The lowest BCUT2D eigenvalue weighted by Gasteiger charge is -2.33. The maximum absolute atomic E-state index is 6.13. The van der Waals surface area contributed by atoms with Crippen molar-refractivity contribution in [2.75, 3.05) is 12.4 Å². The van der Waals surface area contributed by atoms with Crippen LogP contribution in [0.2, 0.25) is 0 Å². The first-order valence-electron chi connectivity index (χ1n) is 8.36. The number of rotatable bonds is 13. The summed E-state index contributed by atoms with van der Waals surface area (Å²) in [5, 5.41) is 0. The zero-order chi connectivity index (χ0) is 14.6. The Bertz CT molecular complexity index is 188. The zero-order valence-electron chi connectivity index (χ0n) is 13.7. The Morgan fingerprint density at radius 1 is 0.947 bits per heavy atom. The van der Waals surface area contributed by atoms with Gasteiger partial charge in [-0.1, -0.05) is 59.3 Å². The lowest BCUT2D eigenvalue weighted by atomic mass is 9.82. The van der Waals surface area contributed by atoms with Crippen LogP contribution in [-0.4, -0.2) is 18.5 Å². The summed E-state index contributed by atoms with van der Waals surface area (Å²) >= 11 is 4.59. The number of hydrogen-bond acceptors (Lipinski definition) is 2. The SMILES string of the molecule is CCCCCCC(C)OCC(CS)(CCC)CCC. The molecule has 0 aliphatic rings. The van der Waals surface area contributed by atoms with E-state index < -0.39 is 0 Å². The molecule has 0 bridgehead atoms. The lowest BCUT2D eigenvalue weighted by Crippen LogP contribution is -2.31. The summed E-state index contributed by atoms with van der Waals surface area (Å²) < 4.78 is 6.13. The van der Waals surface area contributed by atoms with Gasteiger partial charge in [0.2, 0.25) is 0 Å². The maximum Gasteiger partial charge on any atom is 0.0547 e. The third-order valence-electron chi connectivity index (χ3n) is 4.03. The Hall–Kier alpha value is 0.310. The summed E-state index contributed by atoms with van der Waals surface area (Å²) in [5.74, 6) is 0.956. The molecule has 0 radical (unpaired) electrons. The third-order valence-corrected chi connectivity index (χ3v) is 4.71. The Labute approximate surface area is 127 Å². The van der Waals surface area contributed by atoms with Crippen LogP contribution in [0.25, 0.3) is 0 Å². The highest BCUT2D eigenvalue weighted by atomic mass is 32.1. The van der Waals surface area contributed by atoms with Crippen LogP contribution >= 0.6 is 12.6 Å². The quantitative estimate of drug-likeness (QED) is 0.329. The van der Waals surface area contributed by atoms with Crippen LogP contribution in [-0.2, 0) is 4.74 Å². The molecule has 0 aliphatic carbocycles. The van der Waals surface area contributed by atoms with Gasteiger partial charge in [-0.3, -0.25) is 0 Å². The van der Waals surface area contributed by atoms with Gasteiger partial charge in [-0.15, -0.1) is 0 Å². The Kier molecular flexibility index (Phi) is 12.3. The van der Waals surface area contributed by atoms with Crippen LogP contribution in [0.5, 0.6) is 0 Å². The summed E-state index contributed by atoms with van der Waals surface area (Å²) in [5.41, 5.74) is 0.310. The molecular weight excluding hydrogens is 252 g/mol. The average molecular weight is 289 g/mol. The second kappa shape index (κ2) is 12.1. The van der Waals surface area contributed by atoms with E-state index in [1.165, 1.54) is 57.8 Å². The van der Waals surface area contributed by atoms with Crippen molar-refractivity contribution in [3.63, 3.8) is 0 Å². The smallest absolute Gasteiger partial charge is 0.0547 e. The van der Waals surface area contributed by atoms with Gasteiger partial charge in [-0.05, 0) is 31.9 Å². The van der Waals surface area contributed by atoms with Crippen molar-refractivity contribution in [3.8, 4) is 0 Å². The minimum atomic E-state index is 0.310. The molecule has 0 saturated carbocycles. The average Bonchev–Trinajstić information content (AvgIpc) is 2.41. The van der Waals surface area contributed by atoms with Crippen LogP contribution in [0.3, 0.4) is 0 Å². The molecule has 0 aromatic carbocycles. The van der Waals surface area contributed by atoms with Crippen LogP contribution in [0, 0.1) is 5.41 Å². The number of thiol groups is 1. The van der Waals surface area contributed by atoms with Gasteiger partial charge in [0.15, 0.2) is 0 Å². The molecule has 0 saturated heterocycles. The van der Waals surface area contributed by atoms with Gasteiger partial charge >= 0.3 is 0 Å². The fraction of sp³-hybridized carbons (Fsp3) is 1.00. The van der Waals surface area contributed by atoms with Gasteiger partial charge in [0.1, 0.15) is 0 Å². The predicted molar refractivity (Wildman–Crippen MR) is 90.3 cm³/mol. The van der Waals surface area contributed by atoms with Gasteiger partial charge in [-0.2, -0.15) is 12.6 Å². The van der Waals surface area contributed by atoms with E-state index in [9.17, 15) is 0 Å². The van der Waals surface area contributed by atoms with Crippen LogP contribution < -0.4 is 0 Å². The molecule has 116 valence electrons. The summed E-state index contributed by atoms with van der Waals surface area (Å²) in [6.07, 6.45) is 11.9. The van der Waals surface area contributed by atoms with Gasteiger partial charge in [0.25, 0.3) is 0 Å². The number of ether oxygens (including phenoxy) is 1. The van der Waals surface area contributed by atoms with E-state index >= 15 is 0 Å². The van der Waals surface area contributed by atoms with Crippen molar-refractivity contribution in [1.82, 2.24) is 0 Å². The van der Waals surface area contributed by atoms with E-state index in [0.717, 1.165) is 12.4 Å². The van der Waals surface area contributed by atoms with E-state index in [1.807, 2.05) is 0 Å². The van der Waals surface area contributed by atoms with Crippen molar-refractivity contribution in [2.24, 2.45) is 5.41 Å². The molecular formula is C17H36OS. The zero-order valence-corrected chi connectivity index (χ0v) is 14.6. The first-order chi connectivity index (χ1) is 9.14. The highest BCUT2D eigenvalue weighted by Crippen LogP contribution is 2.32. The first kappa shape index (κ1) is 19.3. The second-order valence-corrected chi connectivity index (χ2v) is 6.45. The second-order valence-electron chi connectivity index (χ2n) is 6.13. The first-order valence-corrected chi connectivity index (χ1v) is 8.99. The van der Waals surface area contributed by atoms with Crippen molar-refractivity contribution < 1.29 is 4.74 Å². The number of unbranched alkanes of at least 4 members (excludes halogenated alkanes) is 3. The molecule has 0 N–H and O–H groups in total. The molecule has 1 nitrogen and oxygen atoms in total. The molecule has 0 spiro atoms. The fourth-order valence-electron chi connectivity index (χ4n) is 2.79. The normalized spacial score (nSPS) is 13.7. The third kappa shape index (κ3) is 8.96. The van der Waals surface area contributed by atoms with Gasteiger partial charge in [0, 0.05) is 5.41 Å². The summed E-state index contributed by atoms with van der Waals surface area (Å²) in [6, 6.07) is 0. The number of hydrogen-bond donors (Lipinski definition) is 1. The van der Waals surface area contributed by atoms with Crippen molar-refractivity contribution in [1.29, 1.82) is 0 Å². The molecule has 0 amide bonds. The fourth-order valence-corrected chi connectivity index (χ4v) is 3.20. The largest absolute Gasteiger partial charge is 0.378 e. The minimum Gasteiger partial charge on any atom is -0.378 e. The van der Waals surface area contributed by atoms with E-state index in [4.69, 9.17) is 4.74 Å². The summed E-state index contributed by atoms with van der Waals surface area (Å²) in [4.78, 5) is 0. The van der Waals surface area contributed by atoms with E-state index in [1.54, 1.807) is 0 Å². The molecule has 0 heterocycles. The van der Waals surface area contributed by atoms with Crippen LogP contribution in [0.4, 0.5) is 0 Å². The molecule has 0 aromatic rings. The Morgan fingerprint density at radius 3 is 2.05 bits per heavy atom. The standard InChI is InChI=1S/C17H36OS/c1-5-8-9-10-11-16(4)18-14-17(15-19,12-6-2)13-7-3/h16,19H,5-15H2,1-4H3. The molecule has 2 heteroatoms. The highest BCUT2D eigenvalue weighted by molar-refractivity contribution is 7.80. The van der Waals surface area contributed by atoms with E-state index in [-0.39, 0.29) is 0 Å². The highest BCUT2D eigenvalue weighted by Gasteiger charge is 2.27. The van der Waals surface area contributed by atoms with E-state index in [2.05, 4.69) is 40.3 Å². The molecule has 19 heavy (non-hydrogen) atoms. The van der Waals surface area contributed by atoms with Crippen molar-refractivity contribution in [3.05, 3.63) is 0 Å². The Balaban J connectivity index is 4.01. The van der Waals surface area contributed by atoms with Gasteiger partial charge in [0.05, 0.1) is 12.7 Å². The Morgan fingerprint density at radius 2 is 1.58 bits per heavy atom. The molecule has 1 atom stereocenters. The monoisotopic (exact) mass is 288 g/mol. The van der Waals surface area contributed by atoms with Gasteiger partial charge < -0.3 is 4.74 Å². The van der Waals surface area contributed by atoms with Gasteiger partial charge in [-0.25, -0.2) is 0 Å². The summed E-state index contributed by atoms with van der Waals surface area (Å²) in [6.45, 7) is 9.92. The van der Waals surface area contributed by atoms with E-state index in [0.29, 0.717) is 11.5 Å². The van der Waals surface area contributed by atoms with Crippen LogP contribution in [0.15, 0.2) is 0 Å². The van der Waals surface area contributed by atoms with Crippen LogP contribution in [0.1, 0.15) is 85.5 Å². The minimum absolute atomic E-state index is 0.310. The molecule has 0 fully saturated rings. The molecule has 0 aliphatic heterocycles. The predicted octanol–water partition coefficient (Wildman–Crippen LogP) is 5.88. The van der Waals surface area contributed by atoms with Crippen molar-refractivity contribution in [2.45, 2.75) is 91.6 Å².